The van der Waals surface area contributed by atoms with E-state index in [9.17, 15) is 8.42 Å². The molecule has 0 aliphatic rings. The topological polar surface area (TPSA) is 70.0 Å². The van der Waals surface area contributed by atoms with Crippen LogP contribution in [-0.2, 0) is 10.0 Å². The standard InChI is InChI=1S/C14H19ClN2O2S/c1-4-12(5-2)10(3)17-20(18,19)14-7-6-11(9-16)8-13(14)15/h6-8,10,12,17H,4-5H2,1-3H3. The molecule has 0 amide bonds. The van der Waals surface area contributed by atoms with E-state index >= 15 is 0 Å². The van der Waals surface area contributed by atoms with E-state index in [1.807, 2.05) is 26.8 Å². The van der Waals surface area contributed by atoms with E-state index in [4.69, 9.17) is 16.9 Å². The minimum Gasteiger partial charge on any atom is -0.208 e. The van der Waals surface area contributed by atoms with Crippen molar-refractivity contribution in [2.75, 3.05) is 0 Å². The van der Waals surface area contributed by atoms with Crippen molar-refractivity contribution < 1.29 is 8.42 Å². The third-order valence-corrected chi connectivity index (χ3v) is 5.49. The first-order valence-electron chi connectivity index (χ1n) is 6.57. The van der Waals surface area contributed by atoms with Crippen LogP contribution >= 0.6 is 11.6 Å². The Labute approximate surface area is 125 Å². The molecule has 0 fully saturated rings. The zero-order valence-electron chi connectivity index (χ0n) is 11.9. The Kier molecular flexibility index (Phi) is 6.00. The summed E-state index contributed by atoms with van der Waals surface area (Å²) < 4.78 is 27.3. The number of halogens is 1. The van der Waals surface area contributed by atoms with Crippen molar-refractivity contribution in [3.05, 3.63) is 28.8 Å². The molecule has 0 aromatic heterocycles. The molecule has 0 heterocycles. The summed E-state index contributed by atoms with van der Waals surface area (Å²) in [4.78, 5) is 0.0102. The van der Waals surface area contributed by atoms with Crippen molar-refractivity contribution in [1.29, 1.82) is 5.26 Å². The SMILES string of the molecule is CCC(CC)C(C)NS(=O)(=O)c1ccc(C#N)cc1Cl. The third kappa shape index (κ3) is 3.95. The third-order valence-electron chi connectivity index (χ3n) is 3.45. The van der Waals surface area contributed by atoms with Gasteiger partial charge in [0.2, 0.25) is 10.0 Å². The maximum atomic E-state index is 12.3. The Morgan fingerprint density at radius 2 is 1.95 bits per heavy atom. The minimum atomic E-state index is -3.67. The highest BCUT2D eigenvalue weighted by atomic mass is 35.5. The fraction of sp³-hybridized carbons (Fsp3) is 0.500. The molecule has 110 valence electrons. The molecular formula is C14H19ClN2O2S. The van der Waals surface area contributed by atoms with Gasteiger partial charge in [-0.2, -0.15) is 5.26 Å². The molecule has 1 aromatic carbocycles. The number of nitriles is 1. The lowest BCUT2D eigenvalue weighted by atomic mass is 9.96. The number of nitrogens with zero attached hydrogens (tertiary/aromatic N) is 1. The average Bonchev–Trinajstić information content (AvgIpc) is 2.38. The fourth-order valence-electron chi connectivity index (χ4n) is 2.19. The number of benzene rings is 1. The van der Waals surface area contributed by atoms with Gasteiger partial charge in [-0.25, -0.2) is 13.1 Å². The first kappa shape index (κ1) is 17.0. The van der Waals surface area contributed by atoms with Crippen LogP contribution in [0.1, 0.15) is 39.2 Å². The lowest BCUT2D eigenvalue weighted by molar-refractivity contribution is 0.391. The van der Waals surface area contributed by atoms with E-state index in [0.717, 1.165) is 12.8 Å². The minimum absolute atomic E-state index is 0.0102. The van der Waals surface area contributed by atoms with Crippen LogP contribution in [0.25, 0.3) is 0 Å². The fourth-order valence-corrected chi connectivity index (χ4v) is 4.05. The van der Waals surface area contributed by atoms with Crippen LogP contribution in [0.2, 0.25) is 5.02 Å². The molecule has 0 aliphatic heterocycles. The molecule has 4 nitrogen and oxygen atoms in total. The first-order valence-corrected chi connectivity index (χ1v) is 8.43. The molecule has 6 heteroatoms. The van der Waals surface area contributed by atoms with Crippen LogP contribution in [0.3, 0.4) is 0 Å². The molecule has 0 bridgehead atoms. The van der Waals surface area contributed by atoms with Gasteiger partial charge in [0.15, 0.2) is 0 Å². The predicted octanol–water partition coefficient (Wildman–Crippen LogP) is 3.31. The van der Waals surface area contributed by atoms with Crippen molar-refractivity contribution in [2.45, 2.75) is 44.6 Å². The molecule has 1 N–H and O–H groups in total. The highest BCUT2D eigenvalue weighted by molar-refractivity contribution is 7.89. The van der Waals surface area contributed by atoms with Gasteiger partial charge >= 0.3 is 0 Å². The van der Waals surface area contributed by atoms with Gasteiger partial charge in [-0.1, -0.05) is 38.3 Å². The highest BCUT2D eigenvalue weighted by Gasteiger charge is 2.23. The zero-order valence-corrected chi connectivity index (χ0v) is 13.4. The van der Waals surface area contributed by atoms with E-state index in [2.05, 4.69) is 4.72 Å². The number of rotatable bonds is 6. The normalized spacial score (nSPS) is 13.2. The van der Waals surface area contributed by atoms with E-state index in [0.29, 0.717) is 5.56 Å². The molecule has 0 aliphatic carbocycles. The molecule has 1 aromatic rings. The number of hydrogen-bond donors (Lipinski definition) is 1. The molecule has 0 spiro atoms. The van der Waals surface area contributed by atoms with Gasteiger partial charge in [0.05, 0.1) is 16.7 Å². The summed E-state index contributed by atoms with van der Waals surface area (Å²) in [5.41, 5.74) is 0.335. The summed E-state index contributed by atoms with van der Waals surface area (Å²) in [6.45, 7) is 5.92. The summed E-state index contributed by atoms with van der Waals surface area (Å²) in [6, 6.07) is 5.93. The molecule has 0 saturated carbocycles. The van der Waals surface area contributed by atoms with Gasteiger partial charge in [0.25, 0.3) is 0 Å². The van der Waals surface area contributed by atoms with Crippen molar-refractivity contribution in [3.8, 4) is 6.07 Å². The van der Waals surface area contributed by atoms with Gasteiger partial charge in [-0.05, 0) is 31.0 Å². The lowest BCUT2D eigenvalue weighted by Crippen LogP contribution is -2.37. The van der Waals surface area contributed by atoms with E-state index in [1.165, 1.54) is 18.2 Å². The highest BCUT2D eigenvalue weighted by Crippen LogP contribution is 2.24. The summed E-state index contributed by atoms with van der Waals surface area (Å²) in [5, 5.41) is 8.83. The zero-order chi connectivity index (χ0) is 15.3. The van der Waals surface area contributed by atoms with E-state index in [1.54, 1.807) is 0 Å². The van der Waals surface area contributed by atoms with Crippen LogP contribution in [0, 0.1) is 17.2 Å². The van der Waals surface area contributed by atoms with Crippen molar-refractivity contribution in [2.24, 2.45) is 5.92 Å². The molecule has 1 rings (SSSR count). The largest absolute Gasteiger partial charge is 0.242 e. The first-order chi connectivity index (χ1) is 9.35. The van der Waals surface area contributed by atoms with Crippen molar-refractivity contribution in [3.63, 3.8) is 0 Å². The number of nitrogens with one attached hydrogen (secondary N) is 1. The quantitative estimate of drug-likeness (QED) is 0.875. The maximum Gasteiger partial charge on any atom is 0.242 e. The second-order valence-corrected chi connectivity index (χ2v) is 6.83. The Hall–Kier alpha value is -1.09. The van der Waals surface area contributed by atoms with Gasteiger partial charge in [-0.3, -0.25) is 0 Å². The molecular weight excluding hydrogens is 296 g/mol. The molecule has 0 saturated heterocycles. The Bertz CT molecular complexity index is 604. The van der Waals surface area contributed by atoms with E-state index in [-0.39, 0.29) is 21.9 Å². The Morgan fingerprint density at radius 1 is 1.35 bits per heavy atom. The van der Waals surface area contributed by atoms with Crippen molar-refractivity contribution in [1.82, 2.24) is 4.72 Å². The Morgan fingerprint density at radius 3 is 2.40 bits per heavy atom. The van der Waals surface area contributed by atoms with E-state index < -0.39 is 10.0 Å². The summed E-state index contributed by atoms with van der Waals surface area (Å²) >= 11 is 5.95. The number of sulfonamides is 1. The van der Waals surface area contributed by atoms with Crippen LogP contribution in [0.4, 0.5) is 0 Å². The predicted molar refractivity (Wildman–Crippen MR) is 80.0 cm³/mol. The smallest absolute Gasteiger partial charge is 0.208 e. The van der Waals surface area contributed by atoms with Gasteiger partial charge in [0.1, 0.15) is 4.90 Å². The Balaban J connectivity index is 3.03. The molecule has 0 radical (unpaired) electrons. The number of hydrogen-bond acceptors (Lipinski definition) is 3. The van der Waals surface area contributed by atoms with Crippen LogP contribution in [-0.4, -0.2) is 14.5 Å². The van der Waals surface area contributed by atoms with Gasteiger partial charge in [0, 0.05) is 6.04 Å². The monoisotopic (exact) mass is 314 g/mol. The second kappa shape index (κ2) is 7.07. The average molecular weight is 315 g/mol. The van der Waals surface area contributed by atoms with Gasteiger partial charge in [-0.15, -0.1) is 0 Å². The second-order valence-electron chi connectivity index (χ2n) is 4.74. The van der Waals surface area contributed by atoms with Crippen LogP contribution in [0.5, 0.6) is 0 Å². The van der Waals surface area contributed by atoms with Crippen LogP contribution < -0.4 is 4.72 Å². The summed E-state index contributed by atoms with van der Waals surface area (Å²) in [6.07, 6.45) is 1.81. The summed E-state index contributed by atoms with van der Waals surface area (Å²) in [7, 11) is -3.67. The van der Waals surface area contributed by atoms with Gasteiger partial charge < -0.3 is 0 Å². The molecule has 20 heavy (non-hydrogen) atoms. The van der Waals surface area contributed by atoms with Crippen molar-refractivity contribution >= 4 is 21.6 Å². The summed E-state index contributed by atoms with van der Waals surface area (Å²) in [5.74, 6) is 0.280. The van der Waals surface area contributed by atoms with Crippen LogP contribution in [0.15, 0.2) is 23.1 Å². The molecule has 1 atom stereocenters. The lowest BCUT2D eigenvalue weighted by Gasteiger charge is -2.22. The molecule has 1 unspecified atom stereocenters. The maximum absolute atomic E-state index is 12.3.